The maximum atomic E-state index is 9.22. The number of aliphatic hydroxyl groups is 4. The summed E-state index contributed by atoms with van der Waals surface area (Å²) in [6.45, 7) is -0.548. The van der Waals surface area contributed by atoms with Crippen LogP contribution in [0.4, 0.5) is 0 Å². The Labute approximate surface area is 73.5 Å². The molecule has 1 rings (SSSR count). The van der Waals surface area contributed by atoms with E-state index in [0.717, 1.165) is 0 Å². The first-order chi connectivity index (χ1) is 6.11. The van der Waals surface area contributed by atoms with Crippen LogP contribution in [0.3, 0.4) is 0 Å². The maximum Gasteiger partial charge on any atom is 0.201 e. The summed E-state index contributed by atoms with van der Waals surface area (Å²) < 4.78 is 4.63. The summed E-state index contributed by atoms with van der Waals surface area (Å²) in [4.78, 5) is 0. The molecule has 76 valence electrons. The highest BCUT2D eigenvalue weighted by molar-refractivity contribution is 5.92. The van der Waals surface area contributed by atoms with Crippen LogP contribution in [0.15, 0.2) is 5.16 Å². The quantitative estimate of drug-likeness (QED) is 0.227. The van der Waals surface area contributed by atoms with Gasteiger partial charge in [-0.3, -0.25) is 0 Å². The number of nitrogens with zero attached hydrogens (tertiary/aromatic N) is 1. The molecule has 0 aromatic rings. The molecule has 1 fully saturated rings. The van der Waals surface area contributed by atoms with E-state index in [0.29, 0.717) is 0 Å². The van der Waals surface area contributed by atoms with Crippen molar-refractivity contribution in [3.05, 3.63) is 0 Å². The predicted octanol–water partition coefficient (Wildman–Crippen LogP) is -2.75. The topological polar surface area (TPSA) is 123 Å². The standard InChI is InChI=1S/C6H11NO6/c8-1-2-4(9)5(10)3(7-12)6(11)13-2/h2,4-6,8-12H,1H2. The van der Waals surface area contributed by atoms with Gasteiger partial charge >= 0.3 is 0 Å². The SMILES string of the molecule is OCC1OC(O)C(=NO)C(O)C1O. The lowest BCUT2D eigenvalue weighted by Gasteiger charge is -2.34. The van der Waals surface area contributed by atoms with Gasteiger partial charge in [0.15, 0.2) is 0 Å². The Hall–Kier alpha value is -0.730. The van der Waals surface area contributed by atoms with Gasteiger partial charge < -0.3 is 30.4 Å². The zero-order valence-electron chi connectivity index (χ0n) is 6.61. The Balaban J connectivity index is 2.79. The number of hydrogen-bond donors (Lipinski definition) is 5. The Kier molecular flexibility index (Phi) is 3.17. The first kappa shape index (κ1) is 10.4. The molecule has 0 aromatic heterocycles. The first-order valence-electron chi connectivity index (χ1n) is 3.64. The van der Waals surface area contributed by atoms with Gasteiger partial charge in [-0.1, -0.05) is 5.16 Å². The van der Waals surface area contributed by atoms with Crippen molar-refractivity contribution in [2.45, 2.75) is 24.6 Å². The molecule has 7 nitrogen and oxygen atoms in total. The van der Waals surface area contributed by atoms with Gasteiger partial charge in [0.2, 0.25) is 6.29 Å². The second kappa shape index (κ2) is 3.99. The van der Waals surface area contributed by atoms with E-state index in [4.69, 9.17) is 15.4 Å². The van der Waals surface area contributed by atoms with Crippen LogP contribution in [0.5, 0.6) is 0 Å². The minimum absolute atomic E-state index is 0.475. The number of aliphatic hydroxyl groups excluding tert-OH is 4. The largest absolute Gasteiger partial charge is 0.411 e. The van der Waals surface area contributed by atoms with E-state index < -0.39 is 36.9 Å². The number of rotatable bonds is 1. The second-order valence-electron chi connectivity index (χ2n) is 2.67. The molecule has 1 saturated heterocycles. The maximum absolute atomic E-state index is 9.22. The van der Waals surface area contributed by atoms with E-state index in [9.17, 15) is 10.2 Å². The van der Waals surface area contributed by atoms with Gasteiger partial charge in [-0.15, -0.1) is 0 Å². The predicted molar refractivity (Wildman–Crippen MR) is 39.2 cm³/mol. The average molecular weight is 193 g/mol. The number of ether oxygens (including phenoxy) is 1. The molecule has 0 bridgehead atoms. The van der Waals surface area contributed by atoms with Crippen molar-refractivity contribution in [1.82, 2.24) is 0 Å². The summed E-state index contributed by atoms with van der Waals surface area (Å²) in [5, 5.41) is 47.0. The molecule has 1 heterocycles. The van der Waals surface area contributed by atoms with Gasteiger partial charge in [-0.2, -0.15) is 0 Å². The van der Waals surface area contributed by atoms with Crippen molar-refractivity contribution in [1.29, 1.82) is 0 Å². The van der Waals surface area contributed by atoms with Crippen LogP contribution in [-0.4, -0.2) is 62.6 Å². The molecule has 0 saturated carbocycles. The summed E-state index contributed by atoms with van der Waals surface area (Å²) in [7, 11) is 0. The molecule has 4 unspecified atom stereocenters. The number of hydrogen-bond acceptors (Lipinski definition) is 7. The van der Waals surface area contributed by atoms with Crippen molar-refractivity contribution in [3.63, 3.8) is 0 Å². The van der Waals surface area contributed by atoms with E-state index in [-0.39, 0.29) is 0 Å². The highest BCUT2D eigenvalue weighted by Crippen LogP contribution is 2.16. The van der Waals surface area contributed by atoms with Crippen LogP contribution in [-0.2, 0) is 4.74 Å². The van der Waals surface area contributed by atoms with Gasteiger partial charge in [0.1, 0.15) is 24.0 Å². The Morgan fingerprint density at radius 1 is 1.31 bits per heavy atom. The van der Waals surface area contributed by atoms with E-state index in [1.807, 2.05) is 0 Å². The van der Waals surface area contributed by atoms with E-state index >= 15 is 0 Å². The fourth-order valence-electron chi connectivity index (χ4n) is 1.10. The Morgan fingerprint density at radius 2 is 1.92 bits per heavy atom. The van der Waals surface area contributed by atoms with Crippen molar-refractivity contribution in [2.75, 3.05) is 6.61 Å². The van der Waals surface area contributed by atoms with Crippen LogP contribution in [0.1, 0.15) is 0 Å². The molecule has 0 spiro atoms. The second-order valence-corrected chi connectivity index (χ2v) is 2.67. The minimum atomic E-state index is -1.61. The summed E-state index contributed by atoms with van der Waals surface area (Å²) >= 11 is 0. The summed E-state index contributed by atoms with van der Waals surface area (Å²) in [5.41, 5.74) is -0.475. The molecule has 4 atom stereocenters. The van der Waals surface area contributed by atoms with E-state index in [1.54, 1.807) is 0 Å². The molecule has 7 heteroatoms. The Morgan fingerprint density at radius 3 is 2.38 bits per heavy atom. The summed E-state index contributed by atoms with van der Waals surface area (Å²) in [6, 6.07) is 0. The third-order valence-electron chi connectivity index (χ3n) is 1.86. The molecule has 1 aliphatic heterocycles. The van der Waals surface area contributed by atoms with Crippen molar-refractivity contribution in [3.8, 4) is 0 Å². The van der Waals surface area contributed by atoms with Gasteiger partial charge in [0, 0.05) is 0 Å². The molecule has 1 aliphatic rings. The van der Waals surface area contributed by atoms with Crippen LogP contribution in [0.2, 0.25) is 0 Å². The first-order valence-corrected chi connectivity index (χ1v) is 3.64. The molecule has 0 aromatic carbocycles. The molecular weight excluding hydrogens is 182 g/mol. The zero-order valence-corrected chi connectivity index (χ0v) is 6.61. The minimum Gasteiger partial charge on any atom is -0.411 e. The van der Waals surface area contributed by atoms with Crippen LogP contribution in [0, 0.1) is 0 Å². The highest BCUT2D eigenvalue weighted by atomic mass is 16.6. The third-order valence-corrected chi connectivity index (χ3v) is 1.86. The smallest absolute Gasteiger partial charge is 0.201 e. The molecular formula is C6H11NO6. The van der Waals surface area contributed by atoms with Crippen molar-refractivity contribution < 1.29 is 30.4 Å². The normalized spacial score (nSPS) is 43.8. The highest BCUT2D eigenvalue weighted by Gasteiger charge is 2.41. The molecule has 0 aliphatic carbocycles. The van der Waals surface area contributed by atoms with Crippen molar-refractivity contribution >= 4 is 5.71 Å². The van der Waals surface area contributed by atoms with E-state index in [1.165, 1.54) is 0 Å². The van der Waals surface area contributed by atoms with Crippen molar-refractivity contribution in [2.24, 2.45) is 5.16 Å². The lowest BCUT2D eigenvalue weighted by atomic mass is 10.0. The monoisotopic (exact) mass is 193 g/mol. The fourth-order valence-corrected chi connectivity index (χ4v) is 1.10. The van der Waals surface area contributed by atoms with Crippen LogP contribution >= 0.6 is 0 Å². The van der Waals surface area contributed by atoms with E-state index in [2.05, 4.69) is 9.89 Å². The summed E-state index contributed by atoms with van der Waals surface area (Å²) in [5.74, 6) is 0. The molecule has 0 amide bonds. The lowest BCUT2D eigenvalue weighted by molar-refractivity contribution is -0.182. The van der Waals surface area contributed by atoms with Gasteiger partial charge in [-0.05, 0) is 0 Å². The van der Waals surface area contributed by atoms with Crippen LogP contribution < -0.4 is 0 Å². The zero-order chi connectivity index (χ0) is 10.0. The van der Waals surface area contributed by atoms with Gasteiger partial charge in [-0.25, -0.2) is 0 Å². The van der Waals surface area contributed by atoms with Gasteiger partial charge in [0.25, 0.3) is 0 Å². The molecule has 13 heavy (non-hydrogen) atoms. The lowest BCUT2D eigenvalue weighted by Crippen LogP contribution is -2.56. The molecule has 0 radical (unpaired) electrons. The van der Waals surface area contributed by atoms with Gasteiger partial charge in [0.05, 0.1) is 6.61 Å². The van der Waals surface area contributed by atoms with Crippen LogP contribution in [0.25, 0.3) is 0 Å². The number of oxime groups is 1. The average Bonchev–Trinajstić information content (AvgIpc) is 2.12. The third kappa shape index (κ3) is 1.79. The Bertz CT molecular complexity index is 207. The molecule has 5 N–H and O–H groups in total. The fraction of sp³-hybridized carbons (Fsp3) is 0.833. The summed E-state index contributed by atoms with van der Waals surface area (Å²) in [6.07, 6.45) is -5.65.